The molecule has 0 aromatic rings. The van der Waals surface area contributed by atoms with Crippen LogP contribution in [0.4, 0.5) is 0 Å². The largest absolute Gasteiger partial charge is 0.394 e. The number of carbonyl (C=O) groups is 1. The van der Waals surface area contributed by atoms with E-state index in [1.54, 1.807) is 6.92 Å². The zero-order valence-corrected chi connectivity index (χ0v) is 8.63. The van der Waals surface area contributed by atoms with Crippen LogP contribution in [-0.4, -0.2) is 29.2 Å². The summed E-state index contributed by atoms with van der Waals surface area (Å²) < 4.78 is 0. The van der Waals surface area contributed by atoms with Crippen molar-refractivity contribution in [1.82, 2.24) is 5.32 Å². The Labute approximate surface area is 79.5 Å². The summed E-state index contributed by atoms with van der Waals surface area (Å²) in [6.45, 7) is 5.68. The Kier molecular flexibility index (Phi) is 4.95. The van der Waals surface area contributed by atoms with E-state index >= 15 is 0 Å². The van der Waals surface area contributed by atoms with Gasteiger partial charge in [-0.3, -0.25) is 10.1 Å². The molecule has 0 saturated heterocycles. The molecule has 0 bridgehead atoms. The number of hydrogen-bond donors (Lipinski definition) is 3. The van der Waals surface area contributed by atoms with Gasteiger partial charge in [0.15, 0.2) is 0 Å². The van der Waals surface area contributed by atoms with E-state index in [1.807, 2.05) is 13.8 Å². The van der Waals surface area contributed by atoms with E-state index in [4.69, 9.17) is 5.73 Å². The number of primary amides is 1. The maximum atomic E-state index is 10.8. The molecule has 0 aromatic heterocycles. The second-order valence-corrected chi connectivity index (χ2v) is 3.41. The van der Waals surface area contributed by atoms with Crippen LogP contribution in [0, 0.1) is 0 Å². The molecule has 1 unspecified atom stereocenters. The molecule has 0 saturated carbocycles. The molecule has 0 aliphatic rings. The van der Waals surface area contributed by atoms with Crippen LogP contribution in [-0.2, 0) is 4.79 Å². The van der Waals surface area contributed by atoms with Gasteiger partial charge < -0.3 is 10.8 Å². The predicted molar refractivity (Wildman–Crippen MR) is 52.2 cm³/mol. The van der Waals surface area contributed by atoms with Crippen LogP contribution in [0.3, 0.4) is 0 Å². The van der Waals surface area contributed by atoms with E-state index in [0.29, 0.717) is 0 Å². The molecule has 0 fully saturated rings. The molecular formula is C9H20N2O2. The highest BCUT2D eigenvalue weighted by atomic mass is 16.3. The van der Waals surface area contributed by atoms with Gasteiger partial charge in [0.25, 0.3) is 0 Å². The number of hydrogen-bond acceptors (Lipinski definition) is 3. The molecule has 4 heteroatoms. The Balaban J connectivity index is 4.32. The van der Waals surface area contributed by atoms with Crippen LogP contribution < -0.4 is 11.1 Å². The Morgan fingerprint density at radius 1 is 1.54 bits per heavy atom. The Morgan fingerprint density at radius 3 is 2.23 bits per heavy atom. The summed E-state index contributed by atoms with van der Waals surface area (Å²) in [7, 11) is 0. The maximum absolute atomic E-state index is 10.8. The summed E-state index contributed by atoms with van der Waals surface area (Å²) in [6, 6.07) is -0.396. The van der Waals surface area contributed by atoms with Crippen LogP contribution in [0.15, 0.2) is 0 Å². The maximum Gasteiger partial charge on any atom is 0.234 e. The fourth-order valence-electron chi connectivity index (χ4n) is 1.25. The fraction of sp³-hybridized carbons (Fsp3) is 0.889. The van der Waals surface area contributed by atoms with E-state index in [9.17, 15) is 9.90 Å². The number of carbonyl (C=O) groups excluding carboxylic acids is 1. The first kappa shape index (κ1) is 12.4. The van der Waals surface area contributed by atoms with Crippen LogP contribution in [0.1, 0.15) is 33.6 Å². The lowest BCUT2D eigenvalue weighted by Gasteiger charge is -2.33. The van der Waals surface area contributed by atoms with Crippen LogP contribution >= 0.6 is 0 Å². The fourth-order valence-corrected chi connectivity index (χ4v) is 1.25. The molecular weight excluding hydrogens is 168 g/mol. The first-order chi connectivity index (χ1) is 6.01. The molecule has 0 rings (SSSR count). The molecule has 0 radical (unpaired) electrons. The van der Waals surface area contributed by atoms with Crippen molar-refractivity contribution in [2.45, 2.75) is 45.2 Å². The second kappa shape index (κ2) is 5.19. The van der Waals surface area contributed by atoms with Gasteiger partial charge in [-0.05, 0) is 19.8 Å². The minimum atomic E-state index is -0.396. The smallest absolute Gasteiger partial charge is 0.234 e. The molecule has 0 aliphatic carbocycles. The SMILES string of the molecule is CCC(CC)(CO)NC(C)C(N)=O. The lowest BCUT2D eigenvalue weighted by atomic mass is 9.93. The summed E-state index contributed by atoms with van der Waals surface area (Å²) in [5.41, 5.74) is 4.76. The molecule has 4 N–H and O–H groups in total. The van der Waals surface area contributed by atoms with Gasteiger partial charge in [-0.1, -0.05) is 13.8 Å². The summed E-state index contributed by atoms with van der Waals surface area (Å²) in [4.78, 5) is 10.8. The van der Waals surface area contributed by atoms with E-state index in [0.717, 1.165) is 12.8 Å². The minimum absolute atomic E-state index is 0.0254. The Bertz CT molecular complexity index is 159. The quantitative estimate of drug-likeness (QED) is 0.549. The molecule has 1 amide bonds. The highest BCUT2D eigenvalue weighted by Crippen LogP contribution is 2.14. The molecule has 13 heavy (non-hydrogen) atoms. The molecule has 78 valence electrons. The topological polar surface area (TPSA) is 75.3 Å². The standard InChI is InChI=1S/C9H20N2O2/c1-4-9(5-2,6-12)11-7(3)8(10)13/h7,11-12H,4-6H2,1-3H3,(H2,10,13). The first-order valence-corrected chi connectivity index (χ1v) is 4.69. The van der Waals surface area contributed by atoms with Crippen molar-refractivity contribution in [3.8, 4) is 0 Å². The second-order valence-electron chi connectivity index (χ2n) is 3.41. The van der Waals surface area contributed by atoms with Gasteiger partial charge >= 0.3 is 0 Å². The third-order valence-electron chi connectivity index (χ3n) is 2.61. The van der Waals surface area contributed by atoms with Crippen LogP contribution in [0.25, 0.3) is 0 Å². The van der Waals surface area contributed by atoms with Gasteiger partial charge in [-0.2, -0.15) is 0 Å². The lowest BCUT2D eigenvalue weighted by molar-refractivity contribution is -0.120. The average Bonchev–Trinajstić information content (AvgIpc) is 2.14. The summed E-state index contributed by atoms with van der Waals surface area (Å²) in [6.07, 6.45) is 1.55. The van der Waals surface area contributed by atoms with Gasteiger partial charge in [0.2, 0.25) is 5.91 Å². The molecule has 4 nitrogen and oxygen atoms in total. The zero-order valence-electron chi connectivity index (χ0n) is 8.63. The van der Waals surface area contributed by atoms with Gasteiger partial charge in [0.05, 0.1) is 12.6 Å². The number of nitrogens with one attached hydrogen (secondary N) is 1. The van der Waals surface area contributed by atoms with Gasteiger partial charge in [0.1, 0.15) is 0 Å². The molecule has 0 spiro atoms. The number of nitrogens with two attached hydrogens (primary N) is 1. The normalized spacial score (nSPS) is 14.2. The average molecular weight is 188 g/mol. The lowest BCUT2D eigenvalue weighted by Crippen LogP contribution is -2.55. The van der Waals surface area contributed by atoms with Crippen molar-refractivity contribution in [1.29, 1.82) is 0 Å². The highest BCUT2D eigenvalue weighted by molar-refractivity contribution is 5.79. The Hall–Kier alpha value is -0.610. The van der Waals surface area contributed by atoms with E-state index in [-0.39, 0.29) is 18.1 Å². The van der Waals surface area contributed by atoms with Crippen molar-refractivity contribution in [2.24, 2.45) is 5.73 Å². The Morgan fingerprint density at radius 2 is 2.00 bits per heavy atom. The number of amides is 1. The number of aliphatic hydroxyl groups is 1. The predicted octanol–water partition coefficient (Wildman–Crippen LogP) is 0.000900. The summed E-state index contributed by atoms with van der Waals surface area (Å²) in [5.74, 6) is -0.389. The van der Waals surface area contributed by atoms with Gasteiger partial charge in [-0.15, -0.1) is 0 Å². The molecule has 0 aromatic carbocycles. The van der Waals surface area contributed by atoms with Crippen molar-refractivity contribution in [3.05, 3.63) is 0 Å². The van der Waals surface area contributed by atoms with Gasteiger partial charge in [-0.25, -0.2) is 0 Å². The minimum Gasteiger partial charge on any atom is -0.394 e. The monoisotopic (exact) mass is 188 g/mol. The van der Waals surface area contributed by atoms with Crippen molar-refractivity contribution < 1.29 is 9.90 Å². The van der Waals surface area contributed by atoms with E-state index in [2.05, 4.69) is 5.32 Å². The van der Waals surface area contributed by atoms with Crippen LogP contribution in [0.5, 0.6) is 0 Å². The number of aliphatic hydroxyl groups excluding tert-OH is 1. The molecule has 0 heterocycles. The number of rotatable bonds is 6. The van der Waals surface area contributed by atoms with Crippen molar-refractivity contribution in [2.75, 3.05) is 6.61 Å². The molecule has 0 aliphatic heterocycles. The zero-order chi connectivity index (χ0) is 10.5. The summed E-state index contributed by atoms with van der Waals surface area (Å²) >= 11 is 0. The first-order valence-electron chi connectivity index (χ1n) is 4.69. The van der Waals surface area contributed by atoms with Crippen LogP contribution in [0.2, 0.25) is 0 Å². The van der Waals surface area contributed by atoms with Crippen molar-refractivity contribution in [3.63, 3.8) is 0 Å². The third kappa shape index (κ3) is 3.32. The van der Waals surface area contributed by atoms with Crippen molar-refractivity contribution >= 4 is 5.91 Å². The summed E-state index contributed by atoms with van der Waals surface area (Å²) in [5, 5.41) is 12.2. The molecule has 1 atom stereocenters. The third-order valence-corrected chi connectivity index (χ3v) is 2.61. The van der Waals surface area contributed by atoms with Gasteiger partial charge in [0, 0.05) is 5.54 Å². The van der Waals surface area contributed by atoms with E-state index < -0.39 is 6.04 Å². The highest BCUT2D eigenvalue weighted by Gasteiger charge is 2.27. The van der Waals surface area contributed by atoms with E-state index in [1.165, 1.54) is 0 Å².